The zero-order chi connectivity index (χ0) is 16.9. The van der Waals surface area contributed by atoms with Gasteiger partial charge in [-0.25, -0.2) is 4.98 Å². The molecule has 0 radical (unpaired) electrons. The van der Waals surface area contributed by atoms with Gasteiger partial charge in [0, 0.05) is 6.61 Å². The van der Waals surface area contributed by atoms with Crippen LogP contribution in [-0.2, 0) is 9.53 Å². The maximum absolute atomic E-state index is 13.2. The van der Waals surface area contributed by atoms with Gasteiger partial charge >= 0.3 is 0 Å². The number of benzene rings is 1. The van der Waals surface area contributed by atoms with Gasteiger partial charge in [-0.15, -0.1) is 23.2 Å². The summed E-state index contributed by atoms with van der Waals surface area (Å²) in [7, 11) is 0. The molecule has 2 aliphatic rings. The summed E-state index contributed by atoms with van der Waals surface area (Å²) in [6.07, 6.45) is 2.50. The van der Waals surface area contributed by atoms with E-state index >= 15 is 0 Å². The predicted octanol–water partition coefficient (Wildman–Crippen LogP) is 4.39. The average Bonchev–Trinajstić information content (AvgIpc) is 3.02. The Morgan fingerprint density at radius 1 is 1.46 bits per heavy atom. The summed E-state index contributed by atoms with van der Waals surface area (Å²) in [5.41, 5.74) is 0.138. The van der Waals surface area contributed by atoms with E-state index in [-0.39, 0.29) is 12.0 Å². The van der Waals surface area contributed by atoms with Gasteiger partial charge in [0.1, 0.15) is 4.33 Å². The maximum atomic E-state index is 13.2. The van der Waals surface area contributed by atoms with Crippen molar-refractivity contribution in [3.8, 4) is 0 Å². The highest BCUT2D eigenvalue weighted by Gasteiger charge is 2.69. The van der Waals surface area contributed by atoms with Crippen molar-refractivity contribution in [2.24, 2.45) is 5.41 Å². The topological polar surface area (TPSA) is 42.4 Å². The summed E-state index contributed by atoms with van der Waals surface area (Å²) in [5.74, 6) is -0.0675. The van der Waals surface area contributed by atoms with Crippen molar-refractivity contribution < 1.29 is 9.53 Å². The number of para-hydroxylation sites is 1. The first-order valence-electron chi connectivity index (χ1n) is 8.08. The fourth-order valence-corrected chi connectivity index (χ4v) is 4.81. The van der Waals surface area contributed by atoms with Crippen LogP contribution in [0.3, 0.4) is 0 Å². The number of halogens is 2. The Morgan fingerprint density at radius 3 is 2.83 bits per heavy atom. The Labute approximate surface area is 154 Å². The first kappa shape index (κ1) is 16.6. The number of carbonyl (C=O) groups is 1. The Balaban J connectivity index is 1.68. The fourth-order valence-electron chi connectivity index (χ4n) is 3.15. The van der Waals surface area contributed by atoms with Crippen LogP contribution in [0.2, 0.25) is 0 Å². The minimum absolute atomic E-state index is 0.0448. The number of carbonyl (C=O) groups excluding carboxylic acids is 1. The van der Waals surface area contributed by atoms with Crippen LogP contribution in [0.1, 0.15) is 26.2 Å². The van der Waals surface area contributed by atoms with Crippen LogP contribution in [0.15, 0.2) is 24.3 Å². The highest BCUT2D eigenvalue weighted by molar-refractivity contribution is 7.22. The molecule has 2 fully saturated rings. The van der Waals surface area contributed by atoms with Gasteiger partial charge in [-0.3, -0.25) is 9.69 Å². The number of hydrogen-bond donors (Lipinski definition) is 0. The third kappa shape index (κ3) is 2.71. The van der Waals surface area contributed by atoms with E-state index in [1.54, 1.807) is 4.90 Å². The second-order valence-electron chi connectivity index (χ2n) is 6.73. The van der Waals surface area contributed by atoms with E-state index < -0.39 is 9.75 Å². The Kier molecular flexibility index (Phi) is 4.03. The molecule has 0 bridgehead atoms. The fraction of sp³-hybridized carbons (Fsp3) is 0.529. The van der Waals surface area contributed by atoms with Crippen molar-refractivity contribution in [1.82, 2.24) is 4.98 Å². The van der Waals surface area contributed by atoms with Crippen LogP contribution in [0.5, 0.6) is 0 Å². The lowest BCUT2D eigenvalue weighted by Crippen LogP contribution is -2.42. The Morgan fingerprint density at radius 2 is 2.21 bits per heavy atom. The van der Waals surface area contributed by atoms with Crippen molar-refractivity contribution in [1.29, 1.82) is 0 Å². The molecule has 1 aliphatic heterocycles. The molecule has 1 aromatic heterocycles. The number of alkyl halides is 2. The van der Waals surface area contributed by atoms with E-state index in [2.05, 4.69) is 4.98 Å². The second kappa shape index (κ2) is 5.84. The van der Waals surface area contributed by atoms with Gasteiger partial charge in [0.2, 0.25) is 5.91 Å². The number of ether oxygens (including phenoxy) is 1. The number of thiazole rings is 1. The second-order valence-corrected chi connectivity index (χ2v) is 9.22. The minimum Gasteiger partial charge on any atom is -0.376 e. The zero-order valence-electron chi connectivity index (χ0n) is 13.3. The molecule has 1 saturated heterocycles. The summed E-state index contributed by atoms with van der Waals surface area (Å²) in [5, 5.41) is 0.689. The van der Waals surface area contributed by atoms with Crippen molar-refractivity contribution in [2.75, 3.05) is 18.1 Å². The Bertz CT molecular complexity index is 755. The highest BCUT2D eigenvalue weighted by atomic mass is 35.5. The molecular formula is C17H18Cl2N2O2S. The molecule has 1 amide bonds. The third-order valence-corrected chi connectivity index (χ3v) is 7.06. The van der Waals surface area contributed by atoms with Gasteiger partial charge in [-0.1, -0.05) is 23.5 Å². The summed E-state index contributed by atoms with van der Waals surface area (Å²) in [4.78, 5) is 19.6. The lowest BCUT2D eigenvalue weighted by molar-refractivity contribution is -0.123. The minimum atomic E-state index is -0.991. The van der Waals surface area contributed by atoms with Crippen molar-refractivity contribution in [3.63, 3.8) is 0 Å². The van der Waals surface area contributed by atoms with Crippen LogP contribution in [0, 0.1) is 5.41 Å². The van der Waals surface area contributed by atoms with Crippen LogP contribution in [0.25, 0.3) is 10.2 Å². The number of fused-ring (bicyclic) bond motifs is 1. The van der Waals surface area contributed by atoms with E-state index in [4.69, 9.17) is 27.9 Å². The SMILES string of the molecule is C[C@]1(C(=O)N(C[C@H]2CCCO2)c2nc3ccccc3s2)CC1(Cl)Cl. The van der Waals surface area contributed by atoms with Gasteiger partial charge < -0.3 is 4.74 Å². The van der Waals surface area contributed by atoms with Crippen LogP contribution in [0.4, 0.5) is 5.13 Å². The summed E-state index contributed by atoms with van der Waals surface area (Å²) >= 11 is 14.0. The number of hydrogen-bond acceptors (Lipinski definition) is 4. The molecule has 0 N–H and O–H groups in total. The smallest absolute Gasteiger partial charge is 0.237 e. The molecule has 1 aliphatic carbocycles. The number of anilines is 1. The highest BCUT2D eigenvalue weighted by Crippen LogP contribution is 2.64. The molecule has 4 nitrogen and oxygen atoms in total. The molecule has 1 saturated carbocycles. The molecule has 2 aromatic rings. The van der Waals surface area contributed by atoms with Gasteiger partial charge in [-0.05, 0) is 38.3 Å². The number of nitrogens with zero attached hydrogens (tertiary/aromatic N) is 2. The van der Waals surface area contributed by atoms with Crippen molar-refractivity contribution in [3.05, 3.63) is 24.3 Å². The number of aromatic nitrogens is 1. The van der Waals surface area contributed by atoms with E-state index in [9.17, 15) is 4.79 Å². The zero-order valence-corrected chi connectivity index (χ0v) is 15.6. The third-order valence-electron chi connectivity index (χ3n) is 4.90. The number of amides is 1. The van der Waals surface area contributed by atoms with Gasteiger partial charge in [0.15, 0.2) is 5.13 Å². The summed E-state index contributed by atoms with van der Waals surface area (Å²) < 4.78 is 5.80. The van der Waals surface area contributed by atoms with Crippen LogP contribution >= 0.6 is 34.5 Å². The predicted molar refractivity (Wildman–Crippen MR) is 98.1 cm³/mol. The lowest BCUT2D eigenvalue weighted by atomic mass is 10.1. The largest absolute Gasteiger partial charge is 0.376 e. The molecule has 24 heavy (non-hydrogen) atoms. The molecule has 2 atom stereocenters. The Hall–Kier alpha value is -0.880. The monoisotopic (exact) mass is 384 g/mol. The molecule has 7 heteroatoms. The van der Waals surface area contributed by atoms with Crippen molar-refractivity contribution >= 4 is 55.8 Å². The maximum Gasteiger partial charge on any atom is 0.237 e. The lowest BCUT2D eigenvalue weighted by Gasteiger charge is -2.26. The molecule has 2 heterocycles. The number of rotatable bonds is 4. The molecule has 1 aromatic carbocycles. The summed E-state index contributed by atoms with van der Waals surface area (Å²) in [6, 6.07) is 7.89. The van der Waals surface area contributed by atoms with Gasteiger partial charge in [0.25, 0.3) is 0 Å². The molecule has 0 spiro atoms. The molecular weight excluding hydrogens is 367 g/mol. The van der Waals surface area contributed by atoms with Gasteiger partial charge in [0.05, 0.1) is 28.3 Å². The summed E-state index contributed by atoms with van der Waals surface area (Å²) in [6.45, 7) is 3.07. The molecule has 0 unspecified atom stereocenters. The van der Waals surface area contributed by atoms with Crippen molar-refractivity contribution in [2.45, 2.75) is 36.6 Å². The molecule has 128 valence electrons. The van der Waals surface area contributed by atoms with Crippen LogP contribution < -0.4 is 4.90 Å². The van der Waals surface area contributed by atoms with E-state index in [0.29, 0.717) is 18.1 Å². The van der Waals surface area contributed by atoms with E-state index in [1.165, 1.54) is 11.3 Å². The quantitative estimate of drug-likeness (QED) is 0.733. The van der Waals surface area contributed by atoms with E-state index in [0.717, 1.165) is 29.7 Å². The standard InChI is InChI=1S/C17H18Cl2N2O2S/c1-16(10-17(16,18)19)14(22)21(9-11-5-4-8-23-11)15-20-12-6-2-3-7-13(12)24-15/h2-3,6-7,11H,4-5,8-10H2,1H3/t11-,16-/m1/s1. The molecule has 4 rings (SSSR count). The first-order valence-corrected chi connectivity index (χ1v) is 9.65. The normalized spacial score (nSPS) is 28.2. The van der Waals surface area contributed by atoms with Gasteiger partial charge in [-0.2, -0.15) is 0 Å². The average molecular weight is 385 g/mol. The van der Waals surface area contributed by atoms with E-state index in [1.807, 2.05) is 31.2 Å². The first-order chi connectivity index (χ1) is 11.4. The van der Waals surface area contributed by atoms with Crippen LogP contribution in [-0.4, -0.2) is 34.5 Å².